The van der Waals surface area contributed by atoms with E-state index in [-0.39, 0.29) is 6.42 Å². The van der Waals surface area contributed by atoms with Gasteiger partial charge in [0.15, 0.2) is 5.60 Å². The van der Waals surface area contributed by atoms with Crippen LogP contribution < -0.4 is 0 Å². The Morgan fingerprint density at radius 1 is 1.82 bits per heavy atom. The van der Waals surface area contributed by atoms with E-state index in [9.17, 15) is 5.11 Å². The molecule has 0 spiro atoms. The molecule has 0 aliphatic rings. The van der Waals surface area contributed by atoms with Gasteiger partial charge < -0.3 is 10.2 Å². The maximum atomic E-state index is 9.52. The van der Waals surface area contributed by atoms with E-state index in [0.29, 0.717) is 0 Å². The first kappa shape index (κ1) is 10.2. The van der Waals surface area contributed by atoms with Gasteiger partial charge in [-0.2, -0.15) is 0 Å². The second-order valence-electron chi connectivity index (χ2n) is 2.88. The van der Waals surface area contributed by atoms with Crippen molar-refractivity contribution in [2.24, 2.45) is 0 Å². The van der Waals surface area contributed by atoms with Gasteiger partial charge >= 0.3 is 0 Å². The van der Waals surface area contributed by atoms with Crippen LogP contribution >= 0.6 is 0 Å². The van der Waals surface area contributed by atoms with Crippen molar-refractivity contribution < 1.29 is 10.2 Å². The quantitative estimate of drug-likeness (QED) is 0.464. The lowest BCUT2D eigenvalue weighted by Gasteiger charge is -2.25. The van der Waals surface area contributed by atoms with E-state index in [1.807, 2.05) is 0 Å². The smallest absolute Gasteiger partial charge is 0.154 e. The average molecular weight is 154 g/mol. The van der Waals surface area contributed by atoms with Crippen LogP contribution in [0.3, 0.4) is 0 Å². The second-order valence-corrected chi connectivity index (χ2v) is 2.88. The number of aliphatic hydroxyl groups excluding tert-OH is 1. The highest BCUT2D eigenvalue weighted by molar-refractivity contribution is 5.15. The topological polar surface area (TPSA) is 40.5 Å². The molecule has 2 heteroatoms. The van der Waals surface area contributed by atoms with Gasteiger partial charge in [-0.3, -0.25) is 0 Å². The zero-order valence-corrected chi connectivity index (χ0v) is 6.96. The van der Waals surface area contributed by atoms with E-state index >= 15 is 0 Å². The molecular weight excluding hydrogens is 140 g/mol. The molecule has 0 fully saturated rings. The summed E-state index contributed by atoms with van der Waals surface area (Å²) in [6.45, 7) is 6.82. The van der Waals surface area contributed by atoms with Gasteiger partial charge in [0.25, 0.3) is 0 Å². The van der Waals surface area contributed by atoms with Gasteiger partial charge in [0, 0.05) is 6.42 Å². The zero-order chi connectivity index (χ0) is 9.07. The van der Waals surface area contributed by atoms with Crippen molar-refractivity contribution in [1.82, 2.24) is 0 Å². The molecule has 0 aromatic rings. The third-order valence-corrected chi connectivity index (χ3v) is 1.51. The Hall–Kier alpha value is -0.780. The van der Waals surface area contributed by atoms with Crippen molar-refractivity contribution in [3.05, 3.63) is 12.2 Å². The SMILES string of the molecule is C#CC(O)(CC(=C)C)C(C)O. The maximum Gasteiger partial charge on any atom is 0.154 e. The summed E-state index contributed by atoms with van der Waals surface area (Å²) >= 11 is 0. The van der Waals surface area contributed by atoms with Crippen molar-refractivity contribution >= 4 is 0 Å². The Kier molecular flexibility index (Phi) is 3.31. The number of terminal acetylenes is 1. The molecule has 2 nitrogen and oxygen atoms in total. The summed E-state index contributed by atoms with van der Waals surface area (Å²) in [5.41, 5.74) is -0.697. The molecule has 0 radical (unpaired) electrons. The van der Waals surface area contributed by atoms with E-state index < -0.39 is 11.7 Å². The van der Waals surface area contributed by atoms with Crippen LogP contribution in [0.25, 0.3) is 0 Å². The zero-order valence-electron chi connectivity index (χ0n) is 6.96. The van der Waals surface area contributed by atoms with E-state index in [0.717, 1.165) is 5.57 Å². The Morgan fingerprint density at radius 2 is 2.27 bits per heavy atom. The Labute approximate surface area is 67.6 Å². The molecule has 0 bridgehead atoms. The molecule has 0 aromatic heterocycles. The highest BCUT2D eigenvalue weighted by Gasteiger charge is 2.29. The fourth-order valence-corrected chi connectivity index (χ4v) is 0.779. The Morgan fingerprint density at radius 3 is 2.36 bits per heavy atom. The molecule has 0 rings (SSSR count). The van der Waals surface area contributed by atoms with E-state index in [1.54, 1.807) is 6.92 Å². The summed E-state index contributed by atoms with van der Waals surface area (Å²) in [6.07, 6.45) is 4.37. The highest BCUT2D eigenvalue weighted by Crippen LogP contribution is 2.18. The standard InChI is InChI=1S/C9H14O2/c1-5-9(11,8(4)10)6-7(2)3/h1,8,10-11H,2,6H2,3-4H3. The minimum absolute atomic E-state index is 0.237. The highest BCUT2D eigenvalue weighted by atomic mass is 16.3. The van der Waals surface area contributed by atoms with Gasteiger partial charge in [0.05, 0.1) is 6.10 Å². The van der Waals surface area contributed by atoms with Gasteiger partial charge in [-0.05, 0) is 13.8 Å². The molecule has 0 aromatic carbocycles. The predicted molar refractivity (Wildman–Crippen MR) is 44.9 cm³/mol. The lowest BCUT2D eigenvalue weighted by molar-refractivity contribution is -0.0209. The summed E-state index contributed by atoms with van der Waals surface area (Å²) in [5, 5.41) is 18.6. The van der Waals surface area contributed by atoms with Crippen LogP contribution in [0, 0.1) is 12.3 Å². The second kappa shape index (κ2) is 3.56. The van der Waals surface area contributed by atoms with Crippen LogP contribution in [0.5, 0.6) is 0 Å². The number of aliphatic hydroxyl groups is 2. The minimum Gasteiger partial charge on any atom is -0.389 e. The van der Waals surface area contributed by atoms with Gasteiger partial charge in [-0.1, -0.05) is 18.1 Å². The Balaban J connectivity index is 4.38. The lowest BCUT2D eigenvalue weighted by Crippen LogP contribution is -2.38. The molecule has 2 N–H and O–H groups in total. The number of hydrogen-bond acceptors (Lipinski definition) is 2. The first-order chi connectivity index (χ1) is 4.92. The van der Waals surface area contributed by atoms with E-state index in [4.69, 9.17) is 11.5 Å². The molecule has 0 saturated carbocycles. The van der Waals surface area contributed by atoms with Gasteiger partial charge in [-0.15, -0.1) is 6.42 Å². The normalized spacial score (nSPS) is 18.1. The minimum atomic E-state index is -1.45. The summed E-state index contributed by atoms with van der Waals surface area (Å²) in [6, 6.07) is 0. The molecule has 0 saturated heterocycles. The fraction of sp³-hybridized carbons (Fsp3) is 0.556. The summed E-state index contributed by atoms with van der Waals surface area (Å²) in [7, 11) is 0. The molecule has 2 unspecified atom stereocenters. The maximum absolute atomic E-state index is 9.52. The van der Waals surface area contributed by atoms with Gasteiger partial charge in [0.2, 0.25) is 0 Å². The molecule has 0 amide bonds. The fourth-order valence-electron chi connectivity index (χ4n) is 0.779. The van der Waals surface area contributed by atoms with Gasteiger partial charge in [0.1, 0.15) is 0 Å². The summed E-state index contributed by atoms with van der Waals surface area (Å²) in [5.74, 6) is 2.15. The molecule has 11 heavy (non-hydrogen) atoms. The average Bonchev–Trinajstić information content (AvgIpc) is 1.86. The van der Waals surface area contributed by atoms with Crippen LogP contribution in [-0.2, 0) is 0 Å². The predicted octanol–water partition coefficient (Wildman–Crippen LogP) is 0.698. The molecule has 0 heterocycles. The van der Waals surface area contributed by atoms with Crippen molar-refractivity contribution in [1.29, 1.82) is 0 Å². The van der Waals surface area contributed by atoms with E-state index in [1.165, 1.54) is 6.92 Å². The Bertz CT molecular complexity index is 188. The van der Waals surface area contributed by atoms with E-state index in [2.05, 4.69) is 12.5 Å². The monoisotopic (exact) mass is 154 g/mol. The summed E-state index contributed by atoms with van der Waals surface area (Å²) < 4.78 is 0. The van der Waals surface area contributed by atoms with Crippen LogP contribution in [-0.4, -0.2) is 21.9 Å². The van der Waals surface area contributed by atoms with Crippen LogP contribution in [0.4, 0.5) is 0 Å². The summed E-state index contributed by atoms with van der Waals surface area (Å²) in [4.78, 5) is 0. The van der Waals surface area contributed by atoms with Crippen molar-refractivity contribution in [3.63, 3.8) is 0 Å². The molecule has 0 aliphatic carbocycles. The van der Waals surface area contributed by atoms with Crippen molar-refractivity contribution in [3.8, 4) is 12.3 Å². The first-order valence-electron chi connectivity index (χ1n) is 3.45. The molecule has 2 atom stereocenters. The molecule has 62 valence electrons. The third kappa shape index (κ3) is 2.75. The molecule has 0 aliphatic heterocycles. The van der Waals surface area contributed by atoms with Crippen molar-refractivity contribution in [2.45, 2.75) is 32.0 Å². The number of rotatable bonds is 3. The van der Waals surface area contributed by atoms with Crippen LogP contribution in [0.1, 0.15) is 20.3 Å². The van der Waals surface area contributed by atoms with Crippen LogP contribution in [0.2, 0.25) is 0 Å². The lowest BCUT2D eigenvalue weighted by atomic mass is 9.92. The number of hydrogen-bond donors (Lipinski definition) is 2. The van der Waals surface area contributed by atoms with Crippen LogP contribution in [0.15, 0.2) is 12.2 Å². The van der Waals surface area contributed by atoms with Gasteiger partial charge in [-0.25, -0.2) is 0 Å². The van der Waals surface area contributed by atoms with Crippen molar-refractivity contribution in [2.75, 3.05) is 0 Å². The largest absolute Gasteiger partial charge is 0.389 e. The molecular formula is C9H14O2. The first-order valence-corrected chi connectivity index (χ1v) is 3.45. The third-order valence-electron chi connectivity index (χ3n) is 1.51.